The summed E-state index contributed by atoms with van der Waals surface area (Å²) in [6.07, 6.45) is -1.04. The van der Waals surface area contributed by atoms with E-state index < -0.39 is 23.1 Å². The van der Waals surface area contributed by atoms with Gasteiger partial charge in [-0.25, -0.2) is 14.1 Å². The van der Waals surface area contributed by atoms with Gasteiger partial charge in [0.15, 0.2) is 0 Å². The number of amidine groups is 1. The molecule has 4 heterocycles. The Morgan fingerprint density at radius 2 is 1.96 bits per heavy atom. The molecule has 0 fully saturated rings. The van der Waals surface area contributed by atoms with Crippen molar-refractivity contribution >= 4 is 17.3 Å². The molecule has 2 aromatic heterocycles. The minimum absolute atomic E-state index is 0.0942. The predicted octanol–water partition coefficient (Wildman–Crippen LogP) is 3.73. The molecule has 1 N–H and O–H groups in total. The van der Waals surface area contributed by atoms with Crippen molar-refractivity contribution in [2.24, 2.45) is 4.99 Å². The Morgan fingerprint density at radius 3 is 2.78 bits per heavy atom. The number of H-pyrrole nitrogens is 1. The Kier molecular flexibility index (Phi) is 3.22. The van der Waals surface area contributed by atoms with Gasteiger partial charge >= 0.3 is 6.18 Å². The smallest absolute Gasteiger partial charge is 0.310 e. The molecule has 0 atom stereocenters. The Labute approximate surface area is 150 Å². The zero-order valence-corrected chi connectivity index (χ0v) is 13.8. The van der Waals surface area contributed by atoms with Gasteiger partial charge in [0.25, 0.3) is 0 Å². The number of aromatic amines is 1. The van der Waals surface area contributed by atoms with Crippen LogP contribution in [0.25, 0.3) is 11.3 Å². The SMILES string of the molecule is Fc1cccc(C(F)(F)F)c1C1=Nc2cn[nH]c2-c2cnn3c2N1CCC3. The summed E-state index contributed by atoms with van der Waals surface area (Å²) in [6.45, 7) is 1.02. The number of hydrogen-bond acceptors (Lipinski definition) is 4. The van der Waals surface area contributed by atoms with E-state index in [0.29, 0.717) is 42.3 Å². The van der Waals surface area contributed by atoms with Crippen LogP contribution >= 0.6 is 0 Å². The second-order valence-corrected chi connectivity index (χ2v) is 6.34. The molecule has 0 saturated carbocycles. The van der Waals surface area contributed by atoms with Crippen LogP contribution in [0.5, 0.6) is 0 Å². The molecule has 0 saturated heterocycles. The molecule has 138 valence electrons. The van der Waals surface area contributed by atoms with E-state index in [1.54, 1.807) is 15.8 Å². The lowest BCUT2D eigenvalue weighted by Gasteiger charge is -2.31. The first kappa shape index (κ1) is 16.0. The topological polar surface area (TPSA) is 62.1 Å². The van der Waals surface area contributed by atoms with Crippen molar-refractivity contribution in [1.82, 2.24) is 20.0 Å². The van der Waals surface area contributed by atoms with Crippen LogP contribution < -0.4 is 4.90 Å². The van der Waals surface area contributed by atoms with Crippen molar-refractivity contribution in [3.8, 4) is 11.3 Å². The zero-order valence-electron chi connectivity index (χ0n) is 13.8. The highest BCUT2D eigenvalue weighted by molar-refractivity contribution is 6.15. The minimum Gasteiger partial charge on any atom is -0.310 e. The summed E-state index contributed by atoms with van der Waals surface area (Å²) in [5, 5.41) is 11.1. The van der Waals surface area contributed by atoms with Gasteiger partial charge in [0, 0.05) is 13.1 Å². The molecule has 3 aromatic rings. The third-order valence-electron chi connectivity index (χ3n) is 4.73. The average molecular weight is 376 g/mol. The van der Waals surface area contributed by atoms with Crippen LogP contribution in [0.2, 0.25) is 0 Å². The monoisotopic (exact) mass is 376 g/mol. The summed E-state index contributed by atoms with van der Waals surface area (Å²) in [6, 6.07) is 2.93. The highest BCUT2D eigenvalue weighted by atomic mass is 19.4. The summed E-state index contributed by atoms with van der Waals surface area (Å²) in [4.78, 5) is 5.99. The van der Waals surface area contributed by atoms with E-state index >= 15 is 0 Å². The number of halogens is 4. The summed E-state index contributed by atoms with van der Waals surface area (Å²) in [5.74, 6) is -0.489. The summed E-state index contributed by atoms with van der Waals surface area (Å²) in [5.41, 5.74) is -0.0773. The van der Waals surface area contributed by atoms with E-state index in [2.05, 4.69) is 20.3 Å². The fourth-order valence-corrected chi connectivity index (χ4v) is 3.61. The molecule has 0 radical (unpaired) electrons. The molecule has 10 heteroatoms. The number of aryl methyl sites for hydroxylation is 1. The van der Waals surface area contributed by atoms with Crippen LogP contribution in [0, 0.1) is 5.82 Å². The lowest BCUT2D eigenvalue weighted by Crippen LogP contribution is -2.39. The third-order valence-corrected chi connectivity index (χ3v) is 4.73. The first-order valence-corrected chi connectivity index (χ1v) is 8.27. The average Bonchev–Trinajstić information content (AvgIpc) is 3.22. The number of benzene rings is 1. The van der Waals surface area contributed by atoms with Crippen molar-refractivity contribution in [1.29, 1.82) is 0 Å². The van der Waals surface area contributed by atoms with Gasteiger partial charge < -0.3 is 4.90 Å². The molecule has 2 aliphatic rings. The summed E-state index contributed by atoms with van der Waals surface area (Å²) >= 11 is 0. The number of nitrogens with zero attached hydrogens (tertiary/aromatic N) is 5. The highest BCUT2D eigenvalue weighted by Crippen LogP contribution is 2.43. The van der Waals surface area contributed by atoms with Gasteiger partial charge in [0.2, 0.25) is 0 Å². The Balaban J connectivity index is 1.84. The van der Waals surface area contributed by atoms with Crippen LogP contribution in [0.4, 0.5) is 29.1 Å². The molecule has 0 aliphatic carbocycles. The number of anilines is 1. The fourth-order valence-electron chi connectivity index (χ4n) is 3.61. The Bertz CT molecular complexity index is 1080. The van der Waals surface area contributed by atoms with E-state index in [0.717, 1.165) is 18.2 Å². The molecule has 5 rings (SSSR count). The molecule has 0 bridgehead atoms. The largest absolute Gasteiger partial charge is 0.417 e. The molecule has 1 aromatic carbocycles. The standard InChI is InChI=1S/C17H12F4N6/c18-11-4-1-3-10(17(19,20)21)13(11)15-24-12-8-22-25-14(12)9-7-23-27-6-2-5-26(15)16(9)27/h1,3-4,7-8H,2,5-6H2,(H,22,25). The number of alkyl halides is 3. The van der Waals surface area contributed by atoms with E-state index in [9.17, 15) is 17.6 Å². The van der Waals surface area contributed by atoms with Crippen LogP contribution in [0.1, 0.15) is 17.5 Å². The predicted molar refractivity (Wildman–Crippen MR) is 89.4 cm³/mol. The van der Waals surface area contributed by atoms with E-state index in [1.807, 2.05) is 0 Å². The molecular weight excluding hydrogens is 364 g/mol. The van der Waals surface area contributed by atoms with Gasteiger partial charge in [-0.05, 0) is 18.6 Å². The van der Waals surface area contributed by atoms with Crippen LogP contribution in [-0.2, 0) is 12.7 Å². The molecule has 0 spiro atoms. The molecular formula is C17H12F4N6. The number of hydrogen-bond donors (Lipinski definition) is 1. The first-order valence-electron chi connectivity index (χ1n) is 8.27. The van der Waals surface area contributed by atoms with Crippen LogP contribution in [-0.4, -0.2) is 32.4 Å². The van der Waals surface area contributed by atoms with Gasteiger partial charge in [-0.2, -0.15) is 23.4 Å². The number of nitrogens with one attached hydrogen (secondary N) is 1. The van der Waals surface area contributed by atoms with Gasteiger partial charge in [-0.1, -0.05) is 6.07 Å². The van der Waals surface area contributed by atoms with Gasteiger partial charge in [0.05, 0.1) is 34.8 Å². The first-order chi connectivity index (χ1) is 12.9. The van der Waals surface area contributed by atoms with E-state index in [4.69, 9.17) is 0 Å². The lowest BCUT2D eigenvalue weighted by atomic mass is 10.0. The number of aliphatic imine (C=N–C) groups is 1. The number of rotatable bonds is 1. The van der Waals surface area contributed by atoms with E-state index in [-0.39, 0.29) is 5.84 Å². The molecule has 2 aliphatic heterocycles. The maximum atomic E-state index is 14.7. The maximum absolute atomic E-state index is 14.7. The summed E-state index contributed by atoms with van der Waals surface area (Å²) in [7, 11) is 0. The quantitative estimate of drug-likeness (QED) is 0.659. The van der Waals surface area contributed by atoms with E-state index in [1.165, 1.54) is 6.20 Å². The molecule has 6 nitrogen and oxygen atoms in total. The van der Waals surface area contributed by atoms with Crippen molar-refractivity contribution in [2.45, 2.75) is 19.1 Å². The lowest BCUT2D eigenvalue weighted by molar-refractivity contribution is -0.137. The van der Waals surface area contributed by atoms with Crippen LogP contribution in [0.3, 0.4) is 0 Å². The second kappa shape index (κ2) is 5.41. The van der Waals surface area contributed by atoms with Crippen molar-refractivity contribution < 1.29 is 17.6 Å². The van der Waals surface area contributed by atoms with Crippen molar-refractivity contribution in [2.75, 3.05) is 11.4 Å². The molecule has 0 unspecified atom stereocenters. The van der Waals surface area contributed by atoms with Gasteiger partial charge in [0.1, 0.15) is 23.2 Å². The minimum atomic E-state index is -4.72. The molecule has 0 amide bonds. The van der Waals surface area contributed by atoms with Gasteiger partial charge in [-0.15, -0.1) is 0 Å². The van der Waals surface area contributed by atoms with Crippen molar-refractivity contribution in [3.63, 3.8) is 0 Å². The second-order valence-electron chi connectivity index (χ2n) is 6.34. The Hall–Kier alpha value is -3.17. The number of fused-ring (bicyclic) bond motifs is 2. The Morgan fingerprint density at radius 1 is 1.11 bits per heavy atom. The normalized spacial score (nSPS) is 15.9. The third kappa shape index (κ3) is 2.29. The highest BCUT2D eigenvalue weighted by Gasteiger charge is 2.40. The number of aromatic nitrogens is 4. The maximum Gasteiger partial charge on any atom is 0.417 e. The zero-order chi connectivity index (χ0) is 18.8. The summed E-state index contributed by atoms with van der Waals surface area (Å²) < 4.78 is 57.2. The fraction of sp³-hybridized carbons (Fsp3) is 0.235. The van der Waals surface area contributed by atoms with Crippen LogP contribution in [0.15, 0.2) is 35.6 Å². The molecule has 27 heavy (non-hydrogen) atoms. The van der Waals surface area contributed by atoms with Gasteiger partial charge in [-0.3, -0.25) is 5.10 Å². The van der Waals surface area contributed by atoms with Crippen molar-refractivity contribution in [3.05, 3.63) is 47.5 Å².